The number of carbonyl (C=O) groups is 3. The summed E-state index contributed by atoms with van der Waals surface area (Å²) in [7, 11) is 0. The van der Waals surface area contributed by atoms with E-state index < -0.39 is 41.8 Å². The molecule has 3 atom stereocenters. The Labute approximate surface area is 131 Å². The van der Waals surface area contributed by atoms with Gasteiger partial charge in [0.05, 0.1) is 12.3 Å². The Kier molecular flexibility index (Phi) is 4.10. The zero-order valence-corrected chi connectivity index (χ0v) is 12.6. The largest absolute Gasteiger partial charge is 0.391 e. The van der Waals surface area contributed by atoms with Crippen molar-refractivity contribution in [3.8, 4) is 0 Å². The van der Waals surface area contributed by atoms with E-state index in [-0.39, 0.29) is 25.3 Å². The van der Waals surface area contributed by atoms with Crippen molar-refractivity contribution in [3.63, 3.8) is 0 Å². The highest BCUT2D eigenvalue weighted by molar-refractivity contribution is 6.07. The van der Waals surface area contributed by atoms with Crippen LogP contribution in [0.3, 0.4) is 0 Å². The molecule has 1 saturated heterocycles. The Bertz CT molecular complexity index is 531. The van der Waals surface area contributed by atoms with Crippen LogP contribution in [0.15, 0.2) is 0 Å². The van der Waals surface area contributed by atoms with Gasteiger partial charge in [0.2, 0.25) is 17.7 Å². The van der Waals surface area contributed by atoms with Gasteiger partial charge in [0.25, 0.3) is 0 Å². The molecule has 3 fully saturated rings. The Morgan fingerprint density at radius 1 is 1.13 bits per heavy atom. The van der Waals surface area contributed by atoms with Crippen molar-refractivity contribution in [2.75, 3.05) is 0 Å². The predicted octanol–water partition coefficient (Wildman–Crippen LogP) is 1.76. The fourth-order valence-corrected chi connectivity index (χ4v) is 3.63. The Morgan fingerprint density at radius 2 is 1.83 bits per heavy atom. The third-order valence-corrected chi connectivity index (χ3v) is 4.96. The van der Waals surface area contributed by atoms with Crippen LogP contribution in [0.2, 0.25) is 0 Å². The van der Waals surface area contributed by atoms with Gasteiger partial charge in [-0.2, -0.15) is 13.2 Å². The number of rotatable bonds is 3. The van der Waals surface area contributed by atoms with E-state index in [9.17, 15) is 27.6 Å². The lowest BCUT2D eigenvalue weighted by Gasteiger charge is -2.35. The number of hydrogen-bond donors (Lipinski definition) is 1. The molecule has 2 aliphatic carbocycles. The molecule has 128 valence electrons. The maximum atomic E-state index is 12.9. The topological polar surface area (TPSA) is 66.5 Å². The second-order valence-electron chi connectivity index (χ2n) is 6.71. The molecule has 0 radical (unpaired) electrons. The van der Waals surface area contributed by atoms with Crippen LogP contribution < -0.4 is 5.32 Å². The van der Waals surface area contributed by atoms with Crippen molar-refractivity contribution in [2.24, 2.45) is 11.8 Å². The van der Waals surface area contributed by atoms with Crippen LogP contribution in [0.5, 0.6) is 0 Å². The first-order chi connectivity index (χ1) is 10.8. The second kappa shape index (κ2) is 5.79. The summed E-state index contributed by atoms with van der Waals surface area (Å²) in [5.41, 5.74) is 0. The Balaban J connectivity index is 1.74. The summed E-state index contributed by atoms with van der Waals surface area (Å²) >= 11 is 0. The minimum atomic E-state index is -4.29. The smallest absolute Gasteiger partial charge is 0.327 e. The maximum absolute atomic E-state index is 12.9. The van der Waals surface area contributed by atoms with Gasteiger partial charge in [-0.25, -0.2) is 0 Å². The third kappa shape index (κ3) is 3.35. The van der Waals surface area contributed by atoms with E-state index in [4.69, 9.17) is 0 Å². The summed E-state index contributed by atoms with van der Waals surface area (Å²) in [6.07, 6.45) is -2.29. The van der Waals surface area contributed by atoms with Gasteiger partial charge in [-0.1, -0.05) is 6.42 Å². The molecule has 23 heavy (non-hydrogen) atoms. The molecule has 3 aliphatic rings. The minimum Gasteiger partial charge on any atom is -0.327 e. The predicted molar refractivity (Wildman–Crippen MR) is 72.9 cm³/mol. The molecular formula is C15H19F3N2O3. The quantitative estimate of drug-likeness (QED) is 0.801. The van der Waals surface area contributed by atoms with Gasteiger partial charge >= 0.3 is 6.18 Å². The summed E-state index contributed by atoms with van der Waals surface area (Å²) in [6.45, 7) is 0. The van der Waals surface area contributed by atoms with Crippen LogP contribution in [0.1, 0.15) is 44.9 Å². The molecule has 2 saturated carbocycles. The van der Waals surface area contributed by atoms with Crippen molar-refractivity contribution < 1.29 is 27.6 Å². The fraction of sp³-hybridized carbons (Fsp3) is 0.800. The molecule has 0 aromatic carbocycles. The van der Waals surface area contributed by atoms with E-state index >= 15 is 0 Å². The van der Waals surface area contributed by atoms with E-state index in [1.807, 2.05) is 0 Å². The van der Waals surface area contributed by atoms with Crippen LogP contribution in [0.25, 0.3) is 0 Å². The third-order valence-electron chi connectivity index (χ3n) is 4.96. The molecule has 3 rings (SSSR count). The number of imide groups is 1. The van der Waals surface area contributed by atoms with E-state index in [0.29, 0.717) is 12.8 Å². The highest BCUT2D eigenvalue weighted by Crippen LogP contribution is 2.42. The summed E-state index contributed by atoms with van der Waals surface area (Å²) in [4.78, 5) is 37.4. The van der Waals surface area contributed by atoms with Gasteiger partial charge in [0, 0.05) is 12.0 Å². The van der Waals surface area contributed by atoms with E-state index in [0.717, 1.165) is 12.8 Å². The number of halogens is 3. The van der Waals surface area contributed by atoms with Gasteiger partial charge in [-0.05, 0) is 32.1 Å². The first kappa shape index (κ1) is 16.3. The van der Waals surface area contributed by atoms with Crippen LogP contribution >= 0.6 is 0 Å². The summed E-state index contributed by atoms with van der Waals surface area (Å²) < 4.78 is 38.8. The number of alkyl halides is 3. The molecule has 0 aromatic heterocycles. The van der Waals surface area contributed by atoms with Gasteiger partial charge < -0.3 is 4.90 Å². The van der Waals surface area contributed by atoms with Crippen LogP contribution in [-0.2, 0) is 14.4 Å². The zero-order valence-electron chi connectivity index (χ0n) is 12.6. The molecule has 5 nitrogen and oxygen atoms in total. The highest BCUT2D eigenvalue weighted by atomic mass is 19.4. The molecule has 0 spiro atoms. The first-order valence-corrected chi connectivity index (χ1v) is 8.00. The van der Waals surface area contributed by atoms with Crippen molar-refractivity contribution in [2.45, 2.75) is 63.2 Å². The number of amides is 3. The Morgan fingerprint density at radius 3 is 2.35 bits per heavy atom. The minimum absolute atomic E-state index is 0.0547. The lowest BCUT2D eigenvalue weighted by Crippen LogP contribution is -2.49. The van der Waals surface area contributed by atoms with Crippen LogP contribution in [-0.4, -0.2) is 40.9 Å². The van der Waals surface area contributed by atoms with Gasteiger partial charge in [0.15, 0.2) is 0 Å². The molecular weight excluding hydrogens is 313 g/mol. The molecule has 3 amide bonds. The van der Waals surface area contributed by atoms with Crippen molar-refractivity contribution in [3.05, 3.63) is 0 Å². The molecule has 1 heterocycles. The molecule has 0 bridgehead atoms. The van der Waals surface area contributed by atoms with Gasteiger partial charge in [-0.15, -0.1) is 0 Å². The molecule has 0 aromatic rings. The van der Waals surface area contributed by atoms with Crippen molar-refractivity contribution in [1.29, 1.82) is 0 Å². The summed E-state index contributed by atoms with van der Waals surface area (Å²) in [6, 6.07) is -0.968. The average Bonchev–Trinajstić information content (AvgIpc) is 3.24. The maximum Gasteiger partial charge on any atom is 0.391 e. The molecule has 1 N–H and O–H groups in total. The monoisotopic (exact) mass is 332 g/mol. The Hall–Kier alpha value is -1.60. The van der Waals surface area contributed by atoms with Crippen molar-refractivity contribution in [1.82, 2.24) is 10.2 Å². The molecule has 8 heteroatoms. The zero-order chi connectivity index (χ0) is 16.8. The standard InChI is InChI=1S/C15H19F3N2O3/c16-15(17,18)9-3-1-2-8(6-9)14(23)20(10-4-5-10)11-7-12(21)19-13(11)22/h8-11H,1-7H2,(H,19,21,22)/t8-,9-,11-/m0/s1. The number of carbonyl (C=O) groups excluding carboxylic acids is 3. The summed E-state index contributed by atoms with van der Waals surface area (Å²) in [5, 5.41) is 2.17. The van der Waals surface area contributed by atoms with Crippen molar-refractivity contribution >= 4 is 17.7 Å². The molecule has 0 unspecified atom stereocenters. The lowest BCUT2D eigenvalue weighted by molar-refractivity contribution is -0.187. The van der Waals surface area contributed by atoms with Gasteiger partial charge in [0.1, 0.15) is 6.04 Å². The van der Waals surface area contributed by atoms with E-state index in [1.54, 1.807) is 0 Å². The van der Waals surface area contributed by atoms with E-state index in [2.05, 4.69) is 5.32 Å². The average molecular weight is 332 g/mol. The summed E-state index contributed by atoms with van der Waals surface area (Å²) in [5.74, 6) is -3.50. The molecule has 1 aliphatic heterocycles. The first-order valence-electron chi connectivity index (χ1n) is 8.00. The normalized spacial score (nSPS) is 31.9. The number of nitrogens with one attached hydrogen (secondary N) is 1. The number of hydrogen-bond acceptors (Lipinski definition) is 3. The van der Waals surface area contributed by atoms with Crippen LogP contribution in [0.4, 0.5) is 13.2 Å². The second-order valence-corrected chi connectivity index (χ2v) is 6.71. The SMILES string of the molecule is O=C1C[C@H](N(C(=O)[C@H]2CCC[C@H](C(F)(F)F)C2)C2CC2)C(=O)N1. The number of nitrogens with zero attached hydrogens (tertiary/aromatic N) is 1. The van der Waals surface area contributed by atoms with Crippen LogP contribution in [0, 0.1) is 11.8 Å². The highest BCUT2D eigenvalue weighted by Gasteiger charge is 2.49. The lowest BCUT2D eigenvalue weighted by atomic mass is 9.80. The van der Waals surface area contributed by atoms with Gasteiger partial charge in [-0.3, -0.25) is 19.7 Å². The van der Waals surface area contributed by atoms with E-state index in [1.165, 1.54) is 4.90 Å². The fourth-order valence-electron chi connectivity index (χ4n) is 3.63.